The normalized spacial score (nSPS) is 11.0. The van der Waals surface area contributed by atoms with Crippen LogP contribution in [0, 0.1) is 0 Å². The second-order valence-electron chi connectivity index (χ2n) is 3.84. The number of amides is 1. The van der Waals surface area contributed by atoms with Crippen LogP contribution in [-0.2, 0) is 0 Å². The van der Waals surface area contributed by atoms with Crippen molar-refractivity contribution in [3.63, 3.8) is 0 Å². The van der Waals surface area contributed by atoms with Crippen LogP contribution in [0.25, 0.3) is 0 Å². The third-order valence-corrected chi connectivity index (χ3v) is 2.28. The van der Waals surface area contributed by atoms with Crippen LogP contribution in [0.1, 0.15) is 10.5 Å². The molecule has 21 heavy (non-hydrogen) atoms. The first-order chi connectivity index (χ1) is 9.85. The summed E-state index contributed by atoms with van der Waals surface area (Å²) in [6.07, 6.45) is -4.86. The van der Waals surface area contributed by atoms with Crippen molar-refractivity contribution >= 4 is 17.4 Å². The maximum Gasteiger partial charge on any atom is 0.573 e. The van der Waals surface area contributed by atoms with E-state index in [0.717, 1.165) is 6.07 Å². The van der Waals surface area contributed by atoms with Gasteiger partial charge in [-0.05, 0) is 24.3 Å². The van der Waals surface area contributed by atoms with E-state index < -0.39 is 18.0 Å². The predicted octanol–water partition coefficient (Wildman–Crippen LogP) is 2.21. The summed E-state index contributed by atoms with van der Waals surface area (Å²) in [6.45, 7) is 0. The van der Waals surface area contributed by atoms with E-state index in [1.165, 1.54) is 30.3 Å². The van der Waals surface area contributed by atoms with E-state index in [1.807, 2.05) is 0 Å². The Kier molecular flexibility index (Phi) is 3.92. The van der Waals surface area contributed by atoms with Gasteiger partial charge < -0.3 is 15.8 Å². The number of halogens is 3. The lowest BCUT2D eigenvalue weighted by Crippen LogP contribution is -2.20. The molecule has 0 atom stereocenters. The molecular weight excluding hydrogens is 289 g/mol. The van der Waals surface area contributed by atoms with Gasteiger partial charge in [0.1, 0.15) is 5.82 Å². The summed E-state index contributed by atoms with van der Waals surface area (Å²) in [4.78, 5) is 11.9. The molecule has 0 aliphatic heterocycles. The van der Waals surface area contributed by atoms with Gasteiger partial charge in [-0.25, -0.2) is 0 Å². The number of nitrogens with zero attached hydrogens (tertiary/aromatic N) is 2. The van der Waals surface area contributed by atoms with Crippen molar-refractivity contribution in [2.24, 2.45) is 0 Å². The van der Waals surface area contributed by atoms with E-state index in [2.05, 4.69) is 20.3 Å². The highest BCUT2D eigenvalue weighted by atomic mass is 19.4. The SMILES string of the molecule is Nc1ccc(C(=O)Nc2ccccc2OC(F)(F)F)nn1. The second kappa shape index (κ2) is 5.65. The molecular formula is C12H9F3N4O2. The number of para-hydroxylation sites is 2. The molecule has 0 radical (unpaired) electrons. The molecule has 0 saturated heterocycles. The fourth-order valence-electron chi connectivity index (χ4n) is 1.43. The number of carbonyl (C=O) groups is 1. The van der Waals surface area contributed by atoms with Crippen LogP contribution in [0.15, 0.2) is 36.4 Å². The molecule has 1 aromatic heterocycles. The number of nitrogen functional groups attached to an aromatic ring is 1. The molecule has 0 saturated carbocycles. The minimum absolute atomic E-state index is 0.0917. The molecule has 2 rings (SSSR count). The van der Waals surface area contributed by atoms with E-state index in [9.17, 15) is 18.0 Å². The van der Waals surface area contributed by atoms with Crippen molar-refractivity contribution in [2.45, 2.75) is 6.36 Å². The maximum atomic E-state index is 12.3. The Balaban J connectivity index is 2.19. The molecule has 0 aliphatic carbocycles. The summed E-state index contributed by atoms with van der Waals surface area (Å²) >= 11 is 0. The van der Waals surface area contributed by atoms with Gasteiger partial charge in [0.15, 0.2) is 11.4 Å². The minimum atomic E-state index is -4.86. The van der Waals surface area contributed by atoms with Gasteiger partial charge in [-0.1, -0.05) is 12.1 Å². The first kappa shape index (κ1) is 14.6. The molecule has 0 unspecified atom stereocenters. The summed E-state index contributed by atoms with van der Waals surface area (Å²) in [7, 11) is 0. The Morgan fingerprint density at radius 3 is 2.48 bits per heavy atom. The topological polar surface area (TPSA) is 90.1 Å². The van der Waals surface area contributed by atoms with Crippen molar-refractivity contribution in [2.75, 3.05) is 11.1 Å². The number of aromatic nitrogens is 2. The van der Waals surface area contributed by atoms with E-state index in [1.54, 1.807) is 0 Å². The van der Waals surface area contributed by atoms with Gasteiger partial charge >= 0.3 is 6.36 Å². The molecule has 0 spiro atoms. The Labute approximate surface area is 116 Å². The van der Waals surface area contributed by atoms with Crippen molar-refractivity contribution in [3.05, 3.63) is 42.1 Å². The summed E-state index contributed by atoms with van der Waals surface area (Å²) in [5, 5.41) is 9.27. The Morgan fingerprint density at radius 1 is 1.14 bits per heavy atom. The minimum Gasteiger partial charge on any atom is -0.404 e. The molecule has 110 valence electrons. The molecule has 9 heteroatoms. The highest BCUT2D eigenvalue weighted by Gasteiger charge is 2.32. The van der Waals surface area contributed by atoms with Crippen LogP contribution in [0.2, 0.25) is 0 Å². The van der Waals surface area contributed by atoms with Crippen LogP contribution in [-0.4, -0.2) is 22.5 Å². The van der Waals surface area contributed by atoms with Crippen molar-refractivity contribution in [1.29, 1.82) is 0 Å². The van der Waals surface area contributed by atoms with E-state index in [0.29, 0.717) is 0 Å². The van der Waals surface area contributed by atoms with Gasteiger partial charge in [-0.3, -0.25) is 4.79 Å². The second-order valence-corrected chi connectivity index (χ2v) is 3.84. The third kappa shape index (κ3) is 4.06. The third-order valence-electron chi connectivity index (χ3n) is 2.28. The number of ether oxygens (including phenoxy) is 1. The summed E-state index contributed by atoms with van der Waals surface area (Å²) in [5.41, 5.74) is 5.09. The number of nitrogens with one attached hydrogen (secondary N) is 1. The number of hydrogen-bond acceptors (Lipinski definition) is 5. The number of rotatable bonds is 3. The zero-order valence-electron chi connectivity index (χ0n) is 10.4. The summed E-state index contributed by atoms with van der Waals surface area (Å²) in [6, 6.07) is 7.79. The highest BCUT2D eigenvalue weighted by molar-refractivity contribution is 6.03. The molecule has 6 nitrogen and oxygen atoms in total. The lowest BCUT2D eigenvalue weighted by atomic mass is 10.2. The fraction of sp³-hybridized carbons (Fsp3) is 0.0833. The molecule has 0 aliphatic rings. The quantitative estimate of drug-likeness (QED) is 0.906. The molecule has 0 fully saturated rings. The first-order valence-corrected chi connectivity index (χ1v) is 5.60. The van der Waals surface area contributed by atoms with Gasteiger partial charge in [0.05, 0.1) is 5.69 Å². The Hall–Kier alpha value is -2.84. The van der Waals surface area contributed by atoms with Gasteiger partial charge in [-0.2, -0.15) is 0 Å². The smallest absolute Gasteiger partial charge is 0.404 e. The Bertz CT molecular complexity index is 644. The van der Waals surface area contributed by atoms with Crippen molar-refractivity contribution < 1.29 is 22.7 Å². The average Bonchev–Trinajstić information content (AvgIpc) is 2.40. The van der Waals surface area contributed by atoms with Gasteiger partial charge in [0.25, 0.3) is 5.91 Å². The number of benzene rings is 1. The van der Waals surface area contributed by atoms with E-state index in [4.69, 9.17) is 5.73 Å². The van der Waals surface area contributed by atoms with Gasteiger partial charge in [-0.15, -0.1) is 23.4 Å². The number of carbonyl (C=O) groups excluding carboxylic acids is 1. The average molecular weight is 298 g/mol. The monoisotopic (exact) mass is 298 g/mol. The maximum absolute atomic E-state index is 12.3. The zero-order chi connectivity index (χ0) is 15.5. The van der Waals surface area contributed by atoms with Crippen molar-refractivity contribution in [3.8, 4) is 5.75 Å². The summed E-state index contributed by atoms with van der Waals surface area (Å²) < 4.78 is 40.6. The molecule has 0 bridgehead atoms. The van der Waals surface area contributed by atoms with Crippen LogP contribution >= 0.6 is 0 Å². The van der Waals surface area contributed by atoms with Crippen molar-refractivity contribution in [1.82, 2.24) is 10.2 Å². The molecule has 1 heterocycles. The zero-order valence-corrected chi connectivity index (χ0v) is 10.4. The molecule has 1 aromatic carbocycles. The number of alkyl halides is 3. The van der Waals surface area contributed by atoms with Gasteiger partial charge in [0.2, 0.25) is 0 Å². The highest BCUT2D eigenvalue weighted by Crippen LogP contribution is 2.30. The standard InChI is InChI=1S/C12H9F3N4O2/c13-12(14,15)21-9-4-2-1-3-7(9)17-11(20)8-5-6-10(16)19-18-8/h1-6H,(H2,16,19)(H,17,20). The Morgan fingerprint density at radius 2 is 1.86 bits per heavy atom. The van der Waals surface area contributed by atoms with Crippen LogP contribution in [0.3, 0.4) is 0 Å². The summed E-state index contributed by atoms with van der Waals surface area (Å²) in [5.74, 6) is -1.14. The van der Waals surface area contributed by atoms with Crippen LogP contribution in [0.4, 0.5) is 24.7 Å². The van der Waals surface area contributed by atoms with E-state index >= 15 is 0 Å². The molecule has 2 aromatic rings. The fourth-order valence-corrected chi connectivity index (χ4v) is 1.43. The number of hydrogen-bond donors (Lipinski definition) is 2. The molecule has 1 amide bonds. The van der Waals surface area contributed by atoms with Gasteiger partial charge in [0, 0.05) is 0 Å². The van der Waals surface area contributed by atoms with Crippen LogP contribution in [0.5, 0.6) is 5.75 Å². The number of nitrogens with two attached hydrogens (primary N) is 1. The molecule has 3 N–H and O–H groups in total. The largest absolute Gasteiger partial charge is 0.573 e. The van der Waals surface area contributed by atoms with Crippen LogP contribution < -0.4 is 15.8 Å². The lowest BCUT2D eigenvalue weighted by Gasteiger charge is -2.13. The van der Waals surface area contributed by atoms with E-state index in [-0.39, 0.29) is 17.2 Å². The first-order valence-electron chi connectivity index (χ1n) is 5.60. The lowest BCUT2D eigenvalue weighted by molar-refractivity contribution is -0.274. The number of anilines is 2. The predicted molar refractivity (Wildman–Crippen MR) is 67.5 cm³/mol.